The number of aromatic nitrogens is 1. The molecule has 0 bridgehead atoms. The molecule has 0 unspecified atom stereocenters. The maximum Gasteiger partial charge on any atom is 0.247 e. The van der Waals surface area contributed by atoms with Crippen molar-refractivity contribution in [3.8, 4) is 0 Å². The van der Waals surface area contributed by atoms with E-state index in [4.69, 9.17) is 5.14 Å². The van der Waals surface area contributed by atoms with Crippen LogP contribution in [0.25, 0.3) is 0 Å². The van der Waals surface area contributed by atoms with Crippen molar-refractivity contribution in [2.24, 2.45) is 5.14 Å². The summed E-state index contributed by atoms with van der Waals surface area (Å²) in [6, 6.07) is 3.11. The zero-order valence-corrected chi connectivity index (χ0v) is 5.44. The molecule has 48 valence electrons. The summed E-state index contributed by atoms with van der Waals surface area (Å²) in [7, 11) is 0. The zero-order valence-electron chi connectivity index (χ0n) is 4.63. The van der Waals surface area contributed by atoms with Gasteiger partial charge < -0.3 is 4.98 Å². The van der Waals surface area contributed by atoms with Crippen LogP contribution in [-0.4, -0.2) is 4.98 Å². The first-order chi connectivity index (χ1) is 4.33. The van der Waals surface area contributed by atoms with Gasteiger partial charge >= 0.3 is 0 Å². The van der Waals surface area contributed by atoms with E-state index in [0.717, 1.165) is 16.8 Å². The molecule has 4 heteroatoms. The molecule has 1 heterocycles. The molecule has 0 amide bonds. The standard InChI is InChI=1S/C5H6N2OS/c6-9-4-1-2-5(8)7-3-4/h1-3H,6H2,(H,7,8). The van der Waals surface area contributed by atoms with Crippen molar-refractivity contribution in [3.05, 3.63) is 28.7 Å². The molecule has 9 heavy (non-hydrogen) atoms. The Labute approximate surface area is 56.4 Å². The number of nitrogens with one attached hydrogen (secondary N) is 1. The normalized spacial score (nSPS) is 9.44. The molecule has 1 aromatic heterocycles. The Balaban J connectivity index is 3.02. The molecule has 0 spiro atoms. The quantitative estimate of drug-likeness (QED) is 0.556. The average Bonchev–Trinajstić information content (AvgIpc) is 1.90. The van der Waals surface area contributed by atoms with Crippen LogP contribution in [-0.2, 0) is 0 Å². The van der Waals surface area contributed by atoms with E-state index in [0.29, 0.717) is 0 Å². The Morgan fingerprint density at radius 3 is 2.78 bits per heavy atom. The van der Waals surface area contributed by atoms with Gasteiger partial charge in [0.25, 0.3) is 0 Å². The summed E-state index contributed by atoms with van der Waals surface area (Å²) < 4.78 is 0. The first-order valence-corrected chi connectivity index (χ1v) is 3.26. The van der Waals surface area contributed by atoms with Crippen molar-refractivity contribution in [1.29, 1.82) is 0 Å². The van der Waals surface area contributed by atoms with E-state index in [1.165, 1.54) is 6.07 Å². The van der Waals surface area contributed by atoms with Crippen molar-refractivity contribution >= 4 is 11.9 Å². The van der Waals surface area contributed by atoms with Crippen molar-refractivity contribution in [2.45, 2.75) is 4.90 Å². The molecule has 1 aromatic rings. The average molecular weight is 142 g/mol. The molecule has 3 N–H and O–H groups in total. The summed E-state index contributed by atoms with van der Waals surface area (Å²) in [6.45, 7) is 0. The minimum atomic E-state index is -0.104. The number of aromatic amines is 1. The Morgan fingerprint density at radius 2 is 2.33 bits per heavy atom. The first kappa shape index (κ1) is 6.38. The molecule has 0 atom stereocenters. The lowest BCUT2D eigenvalue weighted by Gasteiger charge is -1.89. The van der Waals surface area contributed by atoms with Crippen molar-refractivity contribution in [3.63, 3.8) is 0 Å². The summed E-state index contributed by atoms with van der Waals surface area (Å²) in [5.74, 6) is 0. The van der Waals surface area contributed by atoms with Crippen LogP contribution >= 0.6 is 11.9 Å². The molecular formula is C5H6N2OS. The monoisotopic (exact) mass is 142 g/mol. The minimum absolute atomic E-state index is 0.104. The van der Waals surface area contributed by atoms with Crippen LogP contribution in [0.3, 0.4) is 0 Å². The van der Waals surface area contributed by atoms with Crippen LogP contribution in [0.4, 0.5) is 0 Å². The van der Waals surface area contributed by atoms with Gasteiger partial charge in [-0.05, 0) is 18.0 Å². The predicted octanol–water partition coefficient (Wildman–Crippen LogP) is 0.341. The highest BCUT2D eigenvalue weighted by Gasteiger charge is 1.85. The second-order valence-corrected chi connectivity index (χ2v) is 2.21. The zero-order chi connectivity index (χ0) is 6.69. The second kappa shape index (κ2) is 2.70. The van der Waals surface area contributed by atoms with Gasteiger partial charge in [0.05, 0.1) is 0 Å². The summed E-state index contributed by atoms with van der Waals surface area (Å²) >= 11 is 1.11. The molecule has 0 aliphatic rings. The molecule has 0 aliphatic heterocycles. The van der Waals surface area contributed by atoms with Gasteiger partial charge in [0.1, 0.15) is 0 Å². The third-order valence-electron chi connectivity index (χ3n) is 0.892. The minimum Gasteiger partial charge on any atom is -0.328 e. The number of hydrogen-bond acceptors (Lipinski definition) is 3. The molecule has 0 saturated heterocycles. The van der Waals surface area contributed by atoms with E-state index in [1.807, 2.05) is 0 Å². The summed E-state index contributed by atoms with van der Waals surface area (Å²) in [4.78, 5) is 13.8. The van der Waals surface area contributed by atoms with Crippen molar-refractivity contribution in [1.82, 2.24) is 4.98 Å². The van der Waals surface area contributed by atoms with Gasteiger partial charge in [-0.3, -0.25) is 9.93 Å². The maximum absolute atomic E-state index is 10.4. The maximum atomic E-state index is 10.4. The van der Waals surface area contributed by atoms with Crippen molar-refractivity contribution in [2.75, 3.05) is 0 Å². The lowest BCUT2D eigenvalue weighted by molar-refractivity contribution is 1.17. The number of H-pyrrole nitrogens is 1. The van der Waals surface area contributed by atoms with Gasteiger partial charge in [-0.1, -0.05) is 0 Å². The topological polar surface area (TPSA) is 58.9 Å². The molecular weight excluding hydrogens is 136 g/mol. The predicted molar refractivity (Wildman–Crippen MR) is 37.1 cm³/mol. The third kappa shape index (κ3) is 1.58. The van der Waals surface area contributed by atoms with Gasteiger partial charge in [0.2, 0.25) is 5.56 Å². The van der Waals surface area contributed by atoms with Crippen LogP contribution in [0.15, 0.2) is 28.0 Å². The summed E-state index contributed by atoms with van der Waals surface area (Å²) in [5, 5.41) is 5.19. The SMILES string of the molecule is NSc1ccc(=O)[nH]c1. The number of nitrogens with two attached hydrogens (primary N) is 1. The van der Waals surface area contributed by atoms with Crippen LogP contribution < -0.4 is 10.7 Å². The Kier molecular flexibility index (Phi) is 1.92. The largest absolute Gasteiger partial charge is 0.328 e. The number of rotatable bonds is 1. The molecule has 0 radical (unpaired) electrons. The lowest BCUT2D eigenvalue weighted by atomic mass is 10.5. The van der Waals surface area contributed by atoms with E-state index in [-0.39, 0.29) is 5.56 Å². The molecule has 0 aliphatic carbocycles. The molecule has 1 rings (SSSR count). The Hall–Kier alpha value is -0.740. The van der Waals surface area contributed by atoms with Gasteiger partial charge in [-0.2, -0.15) is 0 Å². The molecule has 0 saturated carbocycles. The van der Waals surface area contributed by atoms with Gasteiger partial charge in [0, 0.05) is 17.2 Å². The number of hydrogen-bond donors (Lipinski definition) is 2. The van der Waals surface area contributed by atoms with Crippen LogP contribution in [0, 0.1) is 0 Å². The van der Waals surface area contributed by atoms with Gasteiger partial charge in [0.15, 0.2) is 0 Å². The fourth-order valence-corrected chi connectivity index (χ4v) is 0.743. The van der Waals surface area contributed by atoms with E-state index in [2.05, 4.69) is 4.98 Å². The highest BCUT2D eigenvalue weighted by atomic mass is 32.2. The van der Waals surface area contributed by atoms with E-state index in [1.54, 1.807) is 12.3 Å². The van der Waals surface area contributed by atoms with Gasteiger partial charge in [-0.25, -0.2) is 0 Å². The van der Waals surface area contributed by atoms with Crippen LogP contribution in [0.2, 0.25) is 0 Å². The molecule has 0 fully saturated rings. The fraction of sp³-hybridized carbons (Fsp3) is 0. The van der Waals surface area contributed by atoms with Crippen LogP contribution in [0.5, 0.6) is 0 Å². The molecule has 0 aromatic carbocycles. The lowest BCUT2D eigenvalue weighted by Crippen LogP contribution is -2.01. The number of pyridine rings is 1. The smallest absolute Gasteiger partial charge is 0.247 e. The summed E-state index contributed by atoms with van der Waals surface area (Å²) in [5.41, 5.74) is -0.104. The van der Waals surface area contributed by atoms with E-state index in [9.17, 15) is 4.79 Å². The third-order valence-corrected chi connectivity index (χ3v) is 1.42. The first-order valence-electron chi connectivity index (χ1n) is 2.38. The second-order valence-electron chi connectivity index (χ2n) is 1.51. The summed E-state index contributed by atoms with van der Waals surface area (Å²) in [6.07, 6.45) is 1.58. The fourth-order valence-electron chi connectivity index (χ4n) is 0.470. The van der Waals surface area contributed by atoms with Crippen molar-refractivity contribution < 1.29 is 0 Å². The van der Waals surface area contributed by atoms with Crippen LogP contribution in [0.1, 0.15) is 0 Å². The highest BCUT2D eigenvalue weighted by Crippen LogP contribution is 2.04. The van der Waals surface area contributed by atoms with E-state index < -0.39 is 0 Å². The molecule has 3 nitrogen and oxygen atoms in total. The van der Waals surface area contributed by atoms with E-state index >= 15 is 0 Å². The Morgan fingerprint density at radius 1 is 1.56 bits per heavy atom. The Bertz CT molecular complexity index is 224. The van der Waals surface area contributed by atoms with Gasteiger partial charge in [-0.15, -0.1) is 0 Å². The highest BCUT2D eigenvalue weighted by molar-refractivity contribution is 7.97.